The zero-order valence-electron chi connectivity index (χ0n) is 10.7. The van der Waals surface area contributed by atoms with E-state index in [0.717, 1.165) is 5.56 Å². The summed E-state index contributed by atoms with van der Waals surface area (Å²) in [6.07, 6.45) is -0.394. The van der Waals surface area contributed by atoms with E-state index in [1.54, 1.807) is 6.92 Å². The first-order valence-corrected chi connectivity index (χ1v) is 6.11. The maximum atomic E-state index is 9.39. The third-order valence-electron chi connectivity index (χ3n) is 2.50. The minimum Gasteiger partial charge on any atom is -0.389 e. The average molecular weight is 228 g/mol. The van der Waals surface area contributed by atoms with E-state index in [2.05, 4.69) is 12.1 Å². The molecule has 2 rings (SSSR count). The van der Waals surface area contributed by atoms with Crippen molar-refractivity contribution in [1.29, 1.82) is 0 Å². The van der Waals surface area contributed by atoms with E-state index < -0.39 is 6.10 Å². The molecule has 1 nitrogen and oxygen atoms in total. The number of aliphatic hydroxyl groups excluding tert-OH is 1. The predicted molar refractivity (Wildman–Crippen MR) is 73.9 cm³/mol. The zero-order valence-corrected chi connectivity index (χ0v) is 10.7. The summed E-state index contributed by atoms with van der Waals surface area (Å²) in [5, 5.41) is 9.39. The Bertz CT molecular complexity index is 415. The van der Waals surface area contributed by atoms with Crippen LogP contribution in [-0.2, 0) is 0 Å². The van der Waals surface area contributed by atoms with Crippen LogP contribution >= 0.6 is 0 Å². The van der Waals surface area contributed by atoms with Crippen molar-refractivity contribution in [3.63, 3.8) is 0 Å². The zero-order chi connectivity index (χ0) is 12.7. The molecule has 0 bridgehead atoms. The Labute approximate surface area is 104 Å². The van der Waals surface area contributed by atoms with Crippen LogP contribution in [0.1, 0.15) is 32.4 Å². The smallest absolute Gasteiger partial charge is 0.0761 e. The van der Waals surface area contributed by atoms with Crippen LogP contribution < -0.4 is 0 Å². The monoisotopic (exact) mass is 228 g/mol. The molecule has 1 N–H and O–H groups in total. The first kappa shape index (κ1) is 13.5. The number of rotatable bonds is 2. The summed E-state index contributed by atoms with van der Waals surface area (Å²) < 4.78 is 0. The molecule has 0 aromatic heterocycles. The van der Waals surface area contributed by atoms with Gasteiger partial charge in [0.05, 0.1) is 6.10 Å². The van der Waals surface area contributed by atoms with Gasteiger partial charge in [-0.2, -0.15) is 0 Å². The van der Waals surface area contributed by atoms with Crippen LogP contribution in [-0.4, -0.2) is 5.11 Å². The molecule has 0 amide bonds. The van der Waals surface area contributed by atoms with Gasteiger partial charge in [-0.25, -0.2) is 0 Å². The number of aliphatic hydroxyl groups is 1. The highest BCUT2D eigenvalue weighted by molar-refractivity contribution is 5.63. The van der Waals surface area contributed by atoms with Crippen LogP contribution in [0.15, 0.2) is 54.6 Å². The normalized spacial score (nSPS) is 11.3. The van der Waals surface area contributed by atoms with E-state index in [-0.39, 0.29) is 0 Å². The van der Waals surface area contributed by atoms with E-state index in [9.17, 15) is 5.11 Å². The average Bonchev–Trinajstić information content (AvgIpc) is 2.42. The summed E-state index contributed by atoms with van der Waals surface area (Å²) in [5.74, 6) is 0. The molecule has 0 spiro atoms. The summed E-state index contributed by atoms with van der Waals surface area (Å²) in [4.78, 5) is 0. The van der Waals surface area contributed by atoms with Gasteiger partial charge in [0.15, 0.2) is 0 Å². The quantitative estimate of drug-likeness (QED) is 0.806. The van der Waals surface area contributed by atoms with Gasteiger partial charge in [0.25, 0.3) is 0 Å². The van der Waals surface area contributed by atoms with Crippen molar-refractivity contribution in [2.24, 2.45) is 0 Å². The maximum absolute atomic E-state index is 9.39. The van der Waals surface area contributed by atoms with E-state index in [4.69, 9.17) is 0 Å². The van der Waals surface area contributed by atoms with Gasteiger partial charge in [0, 0.05) is 0 Å². The lowest BCUT2D eigenvalue weighted by Gasteiger charge is -2.06. The number of benzene rings is 2. The molecule has 0 fully saturated rings. The van der Waals surface area contributed by atoms with Gasteiger partial charge in [0.2, 0.25) is 0 Å². The molecule has 1 heteroatoms. The molecule has 90 valence electrons. The van der Waals surface area contributed by atoms with Gasteiger partial charge in [-0.15, -0.1) is 0 Å². The predicted octanol–water partition coefficient (Wildman–Crippen LogP) is 4.43. The third-order valence-corrected chi connectivity index (χ3v) is 2.50. The first-order valence-electron chi connectivity index (χ1n) is 6.11. The molecular weight excluding hydrogens is 208 g/mol. The minimum atomic E-state index is -0.394. The SMILES string of the molecule is CC.CC(O)c1ccc(-c2ccccc2)cc1. The van der Waals surface area contributed by atoms with Gasteiger partial charge in [-0.3, -0.25) is 0 Å². The van der Waals surface area contributed by atoms with Crippen molar-refractivity contribution in [3.8, 4) is 11.1 Å². The Morgan fingerprint density at radius 3 is 1.71 bits per heavy atom. The largest absolute Gasteiger partial charge is 0.389 e. The molecular formula is C16H20O. The molecule has 17 heavy (non-hydrogen) atoms. The minimum absolute atomic E-state index is 0.394. The van der Waals surface area contributed by atoms with Crippen molar-refractivity contribution < 1.29 is 5.11 Å². The summed E-state index contributed by atoms with van der Waals surface area (Å²) in [6, 6.07) is 18.2. The highest BCUT2D eigenvalue weighted by Gasteiger charge is 2.00. The molecule has 0 aliphatic rings. The van der Waals surface area contributed by atoms with Crippen LogP contribution in [0.4, 0.5) is 0 Å². The molecule has 0 heterocycles. The molecule has 1 atom stereocenters. The second-order valence-electron chi connectivity index (χ2n) is 3.66. The van der Waals surface area contributed by atoms with Gasteiger partial charge >= 0.3 is 0 Å². The molecule has 0 radical (unpaired) electrons. The van der Waals surface area contributed by atoms with E-state index >= 15 is 0 Å². The summed E-state index contributed by atoms with van der Waals surface area (Å²) in [6.45, 7) is 5.78. The number of hydrogen-bond donors (Lipinski definition) is 1. The lowest BCUT2D eigenvalue weighted by Crippen LogP contribution is -1.89. The van der Waals surface area contributed by atoms with E-state index in [0.29, 0.717) is 0 Å². The Morgan fingerprint density at radius 1 is 0.765 bits per heavy atom. The summed E-state index contributed by atoms with van der Waals surface area (Å²) >= 11 is 0. The molecule has 0 saturated carbocycles. The Balaban J connectivity index is 0.000000686. The summed E-state index contributed by atoms with van der Waals surface area (Å²) in [7, 11) is 0. The van der Waals surface area contributed by atoms with Crippen molar-refractivity contribution in [2.75, 3.05) is 0 Å². The highest BCUT2D eigenvalue weighted by Crippen LogP contribution is 2.21. The lowest BCUT2D eigenvalue weighted by molar-refractivity contribution is 0.199. The second kappa shape index (κ2) is 6.87. The van der Waals surface area contributed by atoms with Crippen LogP contribution in [0.5, 0.6) is 0 Å². The molecule has 0 aliphatic heterocycles. The van der Waals surface area contributed by atoms with Crippen LogP contribution in [0.2, 0.25) is 0 Å². The van der Waals surface area contributed by atoms with Gasteiger partial charge < -0.3 is 5.11 Å². The molecule has 0 saturated heterocycles. The maximum Gasteiger partial charge on any atom is 0.0761 e. The Morgan fingerprint density at radius 2 is 1.24 bits per heavy atom. The fourth-order valence-electron chi connectivity index (χ4n) is 1.58. The highest BCUT2D eigenvalue weighted by atomic mass is 16.3. The Hall–Kier alpha value is -1.60. The van der Waals surface area contributed by atoms with Crippen LogP contribution in [0.25, 0.3) is 11.1 Å². The van der Waals surface area contributed by atoms with Crippen molar-refractivity contribution >= 4 is 0 Å². The van der Waals surface area contributed by atoms with E-state index in [1.165, 1.54) is 11.1 Å². The number of hydrogen-bond acceptors (Lipinski definition) is 1. The molecule has 2 aromatic carbocycles. The molecule has 2 aromatic rings. The Kier molecular flexibility index (Phi) is 5.44. The third kappa shape index (κ3) is 3.72. The van der Waals surface area contributed by atoms with Crippen molar-refractivity contribution in [3.05, 3.63) is 60.2 Å². The second-order valence-corrected chi connectivity index (χ2v) is 3.66. The van der Waals surface area contributed by atoms with Crippen molar-refractivity contribution in [1.82, 2.24) is 0 Å². The molecule has 0 aliphatic carbocycles. The first-order chi connectivity index (χ1) is 8.27. The fraction of sp³-hybridized carbons (Fsp3) is 0.250. The van der Waals surface area contributed by atoms with Crippen molar-refractivity contribution in [2.45, 2.75) is 26.9 Å². The van der Waals surface area contributed by atoms with Gasteiger partial charge in [-0.1, -0.05) is 68.4 Å². The topological polar surface area (TPSA) is 20.2 Å². The van der Waals surface area contributed by atoms with Gasteiger partial charge in [-0.05, 0) is 23.6 Å². The molecule has 1 unspecified atom stereocenters. The van der Waals surface area contributed by atoms with Gasteiger partial charge in [0.1, 0.15) is 0 Å². The lowest BCUT2D eigenvalue weighted by atomic mass is 10.0. The van der Waals surface area contributed by atoms with Crippen LogP contribution in [0, 0.1) is 0 Å². The standard InChI is InChI=1S/C14H14O.C2H6/c1-11(15)12-7-9-14(10-8-12)13-5-3-2-4-6-13;1-2/h2-11,15H,1H3;1-2H3. The fourth-order valence-corrected chi connectivity index (χ4v) is 1.58. The van der Waals surface area contributed by atoms with E-state index in [1.807, 2.05) is 56.3 Å². The van der Waals surface area contributed by atoms with Crippen LogP contribution in [0.3, 0.4) is 0 Å². The summed E-state index contributed by atoms with van der Waals surface area (Å²) in [5.41, 5.74) is 3.34.